The Bertz CT molecular complexity index is 526. The van der Waals surface area contributed by atoms with Crippen molar-refractivity contribution in [3.05, 3.63) is 18.0 Å². The number of halogens is 3. The second-order valence-corrected chi connectivity index (χ2v) is 4.83. The average molecular weight is 319 g/mol. The second-order valence-electron chi connectivity index (χ2n) is 4.83. The molecule has 2 rings (SSSR count). The first kappa shape index (κ1) is 16.4. The lowest BCUT2D eigenvalue weighted by Crippen LogP contribution is -2.42. The van der Waals surface area contributed by atoms with E-state index in [1.165, 1.54) is 0 Å². The Morgan fingerprint density at radius 1 is 1.45 bits per heavy atom. The quantitative estimate of drug-likeness (QED) is 0.559. The summed E-state index contributed by atoms with van der Waals surface area (Å²) in [4.78, 5) is 18.7. The Morgan fingerprint density at radius 3 is 2.86 bits per heavy atom. The fourth-order valence-corrected chi connectivity index (χ4v) is 2.00. The van der Waals surface area contributed by atoms with Crippen LogP contribution in [-0.2, 0) is 11.0 Å². The summed E-state index contributed by atoms with van der Waals surface area (Å²) in [7, 11) is 0. The van der Waals surface area contributed by atoms with Crippen molar-refractivity contribution >= 4 is 11.9 Å². The molecule has 0 bridgehead atoms. The van der Waals surface area contributed by atoms with Crippen molar-refractivity contribution in [2.45, 2.75) is 24.7 Å². The molecule has 0 radical (unpaired) electrons. The van der Waals surface area contributed by atoms with E-state index in [2.05, 4.69) is 25.9 Å². The molecule has 0 saturated carbocycles. The maximum atomic E-state index is 12.5. The first-order chi connectivity index (χ1) is 10.4. The summed E-state index contributed by atoms with van der Waals surface area (Å²) in [5.74, 6) is -0.415. The summed E-state index contributed by atoms with van der Waals surface area (Å²) >= 11 is 0. The molecule has 10 heteroatoms. The van der Waals surface area contributed by atoms with Gasteiger partial charge in [0.15, 0.2) is 0 Å². The van der Waals surface area contributed by atoms with E-state index in [4.69, 9.17) is 0 Å². The number of nitrogens with one attached hydrogen (secondary N) is 3. The molecule has 1 saturated heterocycles. The highest BCUT2D eigenvalue weighted by atomic mass is 19.4. The van der Waals surface area contributed by atoms with Crippen LogP contribution < -0.4 is 16.0 Å². The number of rotatable bonds is 5. The van der Waals surface area contributed by atoms with Gasteiger partial charge in [-0.15, -0.1) is 0 Å². The van der Waals surface area contributed by atoms with Crippen molar-refractivity contribution in [3.8, 4) is 0 Å². The molecule has 0 unspecified atom stereocenters. The Morgan fingerprint density at radius 2 is 2.23 bits per heavy atom. The van der Waals surface area contributed by atoms with Crippen LogP contribution in [0.5, 0.6) is 0 Å². The van der Waals surface area contributed by atoms with Crippen molar-refractivity contribution in [1.82, 2.24) is 20.6 Å². The monoisotopic (exact) mass is 319 g/mol. The molecule has 7 nitrogen and oxygen atoms in total. The van der Waals surface area contributed by atoms with Crippen LogP contribution in [-0.4, -0.2) is 52.8 Å². The number of carbonyl (C=O) groups is 1. The zero-order chi connectivity index (χ0) is 16.2. The number of alkyl halides is 3. The van der Waals surface area contributed by atoms with Gasteiger partial charge in [-0.05, 0) is 12.5 Å². The number of hydrogen-bond donors (Lipinski definition) is 4. The van der Waals surface area contributed by atoms with E-state index in [1.54, 1.807) is 0 Å². The van der Waals surface area contributed by atoms with Gasteiger partial charge in [0.1, 0.15) is 5.69 Å². The van der Waals surface area contributed by atoms with Crippen molar-refractivity contribution < 1.29 is 23.1 Å². The van der Waals surface area contributed by atoms with E-state index in [9.17, 15) is 23.1 Å². The molecule has 22 heavy (non-hydrogen) atoms. The zero-order valence-corrected chi connectivity index (χ0v) is 11.5. The molecule has 2 atom stereocenters. The summed E-state index contributed by atoms with van der Waals surface area (Å²) in [5, 5.41) is 17.4. The minimum atomic E-state index is -4.53. The van der Waals surface area contributed by atoms with Crippen molar-refractivity contribution in [1.29, 1.82) is 0 Å². The van der Waals surface area contributed by atoms with Gasteiger partial charge in [-0.1, -0.05) is 0 Å². The summed E-state index contributed by atoms with van der Waals surface area (Å²) in [6, 6.07) is 0.337. The van der Waals surface area contributed by atoms with Gasteiger partial charge in [-0.3, -0.25) is 4.79 Å². The molecule has 4 N–H and O–H groups in total. The van der Waals surface area contributed by atoms with Crippen molar-refractivity contribution in [3.63, 3.8) is 0 Å². The van der Waals surface area contributed by atoms with Gasteiger partial charge >= 0.3 is 6.18 Å². The lowest BCUT2D eigenvalue weighted by Gasteiger charge is -2.12. The SMILES string of the molecule is O=C(NCCNc1nccc(C(F)(F)F)n1)[C@@H]1C[C@H](O)CN1. The molecule has 1 amide bonds. The van der Waals surface area contributed by atoms with E-state index < -0.39 is 24.0 Å². The Kier molecular flexibility index (Phi) is 5.14. The van der Waals surface area contributed by atoms with Gasteiger partial charge < -0.3 is 21.1 Å². The van der Waals surface area contributed by atoms with Crippen LogP contribution in [0.25, 0.3) is 0 Å². The van der Waals surface area contributed by atoms with E-state index in [-0.39, 0.29) is 24.9 Å². The third-order valence-corrected chi connectivity index (χ3v) is 3.08. The molecule has 122 valence electrons. The van der Waals surface area contributed by atoms with E-state index in [0.29, 0.717) is 13.0 Å². The molecule has 1 fully saturated rings. The first-order valence-corrected chi connectivity index (χ1v) is 6.69. The van der Waals surface area contributed by atoms with Crippen LogP contribution in [0.15, 0.2) is 12.3 Å². The standard InChI is InChI=1S/C12H16F3N5O2/c13-12(14,15)9-1-2-17-11(20-9)18-4-3-16-10(22)8-5-7(21)6-19-8/h1-2,7-8,19,21H,3-6H2,(H,16,22)(H,17,18,20)/t7-,8-/m0/s1. The number of anilines is 1. The smallest absolute Gasteiger partial charge is 0.392 e. The van der Waals surface area contributed by atoms with Crippen molar-refractivity contribution in [2.75, 3.05) is 25.0 Å². The van der Waals surface area contributed by atoms with Crippen LogP contribution in [0.1, 0.15) is 12.1 Å². The van der Waals surface area contributed by atoms with Gasteiger partial charge in [-0.25, -0.2) is 9.97 Å². The minimum absolute atomic E-state index is 0.154. The largest absolute Gasteiger partial charge is 0.433 e. The maximum absolute atomic E-state index is 12.5. The van der Waals surface area contributed by atoms with Crippen LogP contribution in [0.2, 0.25) is 0 Å². The molecule has 2 heterocycles. The summed E-state index contributed by atoms with van der Waals surface area (Å²) < 4.78 is 37.4. The molecule has 0 spiro atoms. The number of aromatic nitrogens is 2. The van der Waals surface area contributed by atoms with Crippen LogP contribution in [0, 0.1) is 0 Å². The van der Waals surface area contributed by atoms with Crippen LogP contribution in [0.3, 0.4) is 0 Å². The highest BCUT2D eigenvalue weighted by Crippen LogP contribution is 2.27. The Hall–Kier alpha value is -1.94. The highest BCUT2D eigenvalue weighted by Gasteiger charge is 2.32. The third-order valence-electron chi connectivity index (χ3n) is 3.08. The van der Waals surface area contributed by atoms with Gasteiger partial charge in [-0.2, -0.15) is 13.2 Å². The summed E-state index contributed by atoms with van der Waals surface area (Å²) in [6.45, 7) is 0.753. The Labute approximate surface area is 124 Å². The van der Waals surface area contributed by atoms with Gasteiger partial charge in [0.25, 0.3) is 0 Å². The van der Waals surface area contributed by atoms with Gasteiger partial charge in [0, 0.05) is 25.8 Å². The molecular weight excluding hydrogens is 303 g/mol. The second kappa shape index (κ2) is 6.88. The molecule has 1 aliphatic heterocycles. The fourth-order valence-electron chi connectivity index (χ4n) is 2.00. The van der Waals surface area contributed by atoms with Gasteiger partial charge in [0.2, 0.25) is 11.9 Å². The lowest BCUT2D eigenvalue weighted by atomic mass is 10.2. The molecular formula is C12H16F3N5O2. The number of carbonyl (C=O) groups excluding carboxylic acids is 1. The van der Waals surface area contributed by atoms with Gasteiger partial charge in [0.05, 0.1) is 12.1 Å². The predicted molar refractivity (Wildman–Crippen MR) is 70.9 cm³/mol. The third kappa shape index (κ3) is 4.53. The maximum Gasteiger partial charge on any atom is 0.433 e. The summed E-state index contributed by atoms with van der Waals surface area (Å²) in [5.41, 5.74) is -1.03. The molecule has 1 aliphatic rings. The topological polar surface area (TPSA) is 99.2 Å². The van der Waals surface area contributed by atoms with E-state index in [0.717, 1.165) is 12.3 Å². The molecule has 1 aromatic heterocycles. The first-order valence-electron chi connectivity index (χ1n) is 6.69. The van der Waals surface area contributed by atoms with E-state index in [1.807, 2.05) is 0 Å². The van der Waals surface area contributed by atoms with Crippen molar-refractivity contribution in [2.24, 2.45) is 0 Å². The number of aliphatic hydroxyl groups excluding tert-OH is 1. The minimum Gasteiger partial charge on any atom is -0.392 e. The normalized spacial score (nSPS) is 21.6. The molecule has 0 aliphatic carbocycles. The van der Waals surface area contributed by atoms with Crippen LogP contribution >= 0.6 is 0 Å². The Balaban J connectivity index is 1.74. The van der Waals surface area contributed by atoms with E-state index >= 15 is 0 Å². The average Bonchev–Trinajstić information content (AvgIpc) is 2.89. The fraction of sp³-hybridized carbons (Fsp3) is 0.583. The number of aliphatic hydroxyl groups is 1. The highest BCUT2D eigenvalue weighted by molar-refractivity contribution is 5.82. The zero-order valence-electron chi connectivity index (χ0n) is 11.5. The molecule has 0 aromatic carbocycles. The number of nitrogens with zero attached hydrogens (tertiary/aromatic N) is 2. The number of β-amino-alcohol motifs (C(OH)–C–C–N with tert-alkyl or cyclic N) is 1. The number of hydrogen-bond acceptors (Lipinski definition) is 6. The summed E-state index contributed by atoms with van der Waals surface area (Å²) in [6.07, 6.45) is -3.70. The predicted octanol–water partition coefficient (Wildman–Crippen LogP) is -0.254. The lowest BCUT2D eigenvalue weighted by molar-refractivity contribution is -0.141. The van der Waals surface area contributed by atoms with Crippen LogP contribution in [0.4, 0.5) is 19.1 Å². The number of amides is 1. The molecule has 1 aromatic rings.